The highest BCUT2D eigenvalue weighted by Gasteiger charge is 2.57. The molecular weight excluding hydrogens is 316 g/mol. The number of anilines is 1. The molecular formula is C24H34N2. The van der Waals surface area contributed by atoms with Crippen LogP contribution in [0.3, 0.4) is 0 Å². The number of rotatable bonds is 3. The number of hydrogen-bond acceptors (Lipinski definition) is 2. The number of hydrogen-bond donors (Lipinski definition) is 0. The van der Waals surface area contributed by atoms with Crippen LogP contribution in [0.1, 0.15) is 65.2 Å². The minimum Gasteiger partial charge on any atom is -0.354 e. The average molecular weight is 352 g/mol. The van der Waals surface area contributed by atoms with Crippen molar-refractivity contribution in [2.24, 2.45) is 11.8 Å². The fourth-order valence-corrected chi connectivity index (χ4v) is 6.60. The zero-order chi connectivity index (χ0) is 18.6. The Hall–Kier alpha value is -1.28. The molecule has 0 N–H and O–H groups in total. The van der Waals surface area contributed by atoms with Crippen LogP contribution >= 0.6 is 0 Å². The molecule has 2 heterocycles. The molecule has 2 saturated carbocycles. The Balaban J connectivity index is 1.57. The Morgan fingerprint density at radius 1 is 1.00 bits per heavy atom. The summed E-state index contributed by atoms with van der Waals surface area (Å²) in [5, 5.41) is 0. The third-order valence-electron chi connectivity index (χ3n) is 7.92. The number of para-hydroxylation sites is 1. The molecule has 2 heteroatoms. The van der Waals surface area contributed by atoms with Gasteiger partial charge in [0.25, 0.3) is 0 Å². The molecule has 3 fully saturated rings. The molecule has 2 unspecified atom stereocenters. The molecule has 140 valence electrons. The van der Waals surface area contributed by atoms with Gasteiger partial charge in [-0.05, 0) is 63.0 Å². The van der Waals surface area contributed by atoms with Crippen molar-refractivity contribution in [2.45, 2.75) is 82.8 Å². The standard InChI is InChI=1S/C24H34N2/c1-18-9-3-8-14-22(18)25-17-26-23(19(25)2)15-16-24(26,20-10-4-5-11-20)21-12-6-7-13-21/h3,8-9,14-16,19-21,23H,4-7,10-13,17H2,1-2H3/t19-,23?/m0/s1/i17D/t17?,19-,23?. The number of nitrogens with zero attached hydrogens (tertiary/aromatic N) is 2. The molecule has 1 aromatic carbocycles. The Morgan fingerprint density at radius 2 is 1.62 bits per heavy atom. The highest BCUT2D eigenvalue weighted by Crippen LogP contribution is 2.54. The maximum absolute atomic E-state index is 9.38. The van der Waals surface area contributed by atoms with E-state index in [1.165, 1.54) is 62.6 Å². The first-order valence-corrected chi connectivity index (χ1v) is 10.9. The smallest absolute Gasteiger partial charge is 0.0724 e. The molecule has 1 saturated heterocycles. The SMILES string of the molecule is [2H]C1N(c2ccccc2C)[C@@H](C)C2C=CC(C3CCCC3)(C3CCCC3)N21. The molecule has 0 bridgehead atoms. The summed E-state index contributed by atoms with van der Waals surface area (Å²) in [6, 6.07) is 9.38. The van der Waals surface area contributed by atoms with Gasteiger partial charge in [0, 0.05) is 17.3 Å². The third-order valence-corrected chi connectivity index (χ3v) is 7.92. The average Bonchev–Trinajstić information content (AvgIpc) is 3.43. The molecule has 0 radical (unpaired) electrons. The van der Waals surface area contributed by atoms with E-state index in [9.17, 15) is 1.37 Å². The minimum absolute atomic E-state index is 0.135. The molecule has 5 rings (SSSR count). The van der Waals surface area contributed by atoms with Gasteiger partial charge in [-0.15, -0.1) is 0 Å². The van der Waals surface area contributed by atoms with Gasteiger partial charge in [0.15, 0.2) is 0 Å². The van der Waals surface area contributed by atoms with Crippen LogP contribution in [0.2, 0.25) is 0 Å². The van der Waals surface area contributed by atoms with Crippen molar-refractivity contribution in [2.75, 3.05) is 11.5 Å². The van der Waals surface area contributed by atoms with Crippen molar-refractivity contribution in [3.63, 3.8) is 0 Å². The van der Waals surface area contributed by atoms with Crippen LogP contribution in [-0.4, -0.2) is 29.2 Å². The van der Waals surface area contributed by atoms with Gasteiger partial charge in [0.2, 0.25) is 0 Å². The highest BCUT2D eigenvalue weighted by molar-refractivity contribution is 5.56. The van der Waals surface area contributed by atoms with Crippen LogP contribution in [-0.2, 0) is 0 Å². The second kappa shape index (κ2) is 6.41. The predicted octanol–water partition coefficient (Wildman–Crippen LogP) is 5.52. The Kier molecular flexibility index (Phi) is 3.88. The molecule has 3 atom stereocenters. The molecule has 0 amide bonds. The molecule has 2 aliphatic carbocycles. The second-order valence-electron chi connectivity index (χ2n) is 9.16. The summed E-state index contributed by atoms with van der Waals surface area (Å²) in [5.41, 5.74) is 2.68. The normalized spacial score (nSPS) is 35.4. The first-order valence-electron chi connectivity index (χ1n) is 11.5. The van der Waals surface area contributed by atoms with Crippen molar-refractivity contribution in [1.82, 2.24) is 4.90 Å². The monoisotopic (exact) mass is 351 g/mol. The Bertz CT molecular complexity index is 701. The number of aryl methyl sites for hydroxylation is 1. The fourth-order valence-electron chi connectivity index (χ4n) is 6.60. The van der Waals surface area contributed by atoms with Crippen molar-refractivity contribution in [3.8, 4) is 0 Å². The third kappa shape index (κ3) is 2.34. The van der Waals surface area contributed by atoms with Gasteiger partial charge in [-0.1, -0.05) is 56.0 Å². The van der Waals surface area contributed by atoms with Crippen LogP contribution in [0.4, 0.5) is 5.69 Å². The van der Waals surface area contributed by atoms with Crippen molar-refractivity contribution in [3.05, 3.63) is 42.0 Å². The van der Waals surface area contributed by atoms with Gasteiger partial charge < -0.3 is 4.90 Å². The highest BCUT2D eigenvalue weighted by atomic mass is 15.5. The van der Waals surface area contributed by atoms with E-state index < -0.39 is 0 Å². The van der Waals surface area contributed by atoms with Crippen LogP contribution in [0.25, 0.3) is 0 Å². The summed E-state index contributed by atoms with van der Waals surface area (Å²) >= 11 is 0. The molecule has 2 nitrogen and oxygen atoms in total. The van der Waals surface area contributed by atoms with E-state index in [4.69, 9.17) is 0 Å². The minimum atomic E-state index is -0.276. The lowest BCUT2D eigenvalue weighted by atomic mass is 9.71. The van der Waals surface area contributed by atoms with Gasteiger partial charge in [-0.25, -0.2) is 0 Å². The summed E-state index contributed by atoms with van der Waals surface area (Å²) in [7, 11) is 0. The Labute approximate surface area is 160 Å². The van der Waals surface area contributed by atoms with Gasteiger partial charge in [-0.3, -0.25) is 4.90 Å². The van der Waals surface area contributed by atoms with Crippen LogP contribution in [0.5, 0.6) is 0 Å². The zero-order valence-corrected chi connectivity index (χ0v) is 16.4. The topological polar surface area (TPSA) is 6.48 Å². The maximum atomic E-state index is 9.38. The second-order valence-corrected chi connectivity index (χ2v) is 9.16. The summed E-state index contributed by atoms with van der Waals surface area (Å²) < 4.78 is 9.38. The van der Waals surface area contributed by atoms with Gasteiger partial charge in [0.05, 0.1) is 14.1 Å². The lowest BCUT2D eigenvalue weighted by Crippen LogP contribution is -2.55. The Morgan fingerprint density at radius 3 is 2.23 bits per heavy atom. The first kappa shape index (κ1) is 15.7. The van der Waals surface area contributed by atoms with Crippen molar-refractivity contribution in [1.29, 1.82) is 0 Å². The number of benzene rings is 1. The number of fused-ring (bicyclic) bond motifs is 1. The van der Waals surface area contributed by atoms with E-state index in [2.05, 4.69) is 60.1 Å². The molecule has 4 aliphatic rings. The van der Waals surface area contributed by atoms with Crippen LogP contribution in [0.15, 0.2) is 36.4 Å². The first-order chi connectivity index (χ1) is 13.1. The molecule has 2 aliphatic heterocycles. The predicted molar refractivity (Wildman–Crippen MR) is 109 cm³/mol. The van der Waals surface area contributed by atoms with Gasteiger partial charge in [0.1, 0.15) is 0 Å². The molecule has 1 aromatic rings. The van der Waals surface area contributed by atoms with Crippen LogP contribution < -0.4 is 4.90 Å². The van der Waals surface area contributed by atoms with Crippen molar-refractivity contribution < 1.29 is 1.37 Å². The van der Waals surface area contributed by atoms with Gasteiger partial charge in [-0.2, -0.15) is 0 Å². The lowest BCUT2D eigenvalue weighted by molar-refractivity contribution is 0.0393. The molecule has 26 heavy (non-hydrogen) atoms. The van der Waals surface area contributed by atoms with Gasteiger partial charge >= 0.3 is 0 Å². The maximum Gasteiger partial charge on any atom is 0.0724 e. The van der Waals surface area contributed by atoms with Crippen molar-refractivity contribution >= 4 is 5.69 Å². The van der Waals surface area contributed by atoms with E-state index in [1.807, 2.05) is 0 Å². The summed E-state index contributed by atoms with van der Waals surface area (Å²) in [4.78, 5) is 5.04. The van der Waals surface area contributed by atoms with E-state index in [-0.39, 0.29) is 12.2 Å². The van der Waals surface area contributed by atoms with Crippen LogP contribution in [0, 0.1) is 18.8 Å². The molecule has 0 spiro atoms. The quantitative estimate of drug-likeness (QED) is 0.662. The summed E-state index contributed by atoms with van der Waals surface area (Å²) in [6.07, 6.45) is 16.0. The van der Waals surface area contributed by atoms with E-state index in [1.54, 1.807) is 0 Å². The zero-order valence-electron chi connectivity index (χ0n) is 17.4. The summed E-state index contributed by atoms with van der Waals surface area (Å²) in [6.45, 7) is 4.25. The largest absolute Gasteiger partial charge is 0.354 e. The fraction of sp³-hybridized carbons (Fsp3) is 0.667. The summed E-state index contributed by atoms with van der Waals surface area (Å²) in [5.74, 6) is 1.50. The van der Waals surface area contributed by atoms with E-state index in [0.29, 0.717) is 12.1 Å². The lowest BCUT2D eigenvalue weighted by Gasteiger charge is -2.47. The van der Waals surface area contributed by atoms with E-state index >= 15 is 0 Å². The van der Waals surface area contributed by atoms with E-state index in [0.717, 1.165) is 11.8 Å². The molecule has 0 aromatic heterocycles.